The van der Waals surface area contributed by atoms with E-state index in [4.69, 9.17) is 5.26 Å². The Balaban J connectivity index is 1.86. The first-order valence-electron chi connectivity index (χ1n) is 7.84. The maximum Gasteiger partial charge on any atom is 0.274 e. The highest BCUT2D eigenvalue weighted by Gasteiger charge is 2.14. The first-order chi connectivity index (χ1) is 13.0. The summed E-state index contributed by atoms with van der Waals surface area (Å²) in [6.07, 6.45) is 0. The number of halogens is 2. The second kappa shape index (κ2) is 7.58. The van der Waals surface area contributed by atoms with Crippen molar-refractivity contribution >= 4 is 23.1 Å². The molecule has 0 saturated carbocycles. The van der Waals surface area contributed by atoms with Crippen molar-refractivity contribution in [2.45, 2.75) is 6.92 Å². The van der Waals surface area contributed by atoms with E-state index in [1.807, 2.05) is 6.07 Å². The second-order valence-electron chi connectivity index (χ2n) is 5.55. The van der Waals surface area contributed by atoms with Crippen molar-refractivity contribution in [1.29, 1.82) is 5.26 Å². The molecule has 1 aromatic heterocycles. The molecule has 8 heteroatoms. The lowest BCUT2D eigenvalue weighted by Gasteiger charge is -2.10. The third-order valence-electron chi connectivity index (χ3n) is 3.56. The van der Waals surface area contributed by atoms with Gasteiger partial charge in [-0.2, -0.15) is 5.26 Å². The first-order valence-corrected chi connectivity index (χ1v) is 7.84. The number of hydrogen-bond donors (Lipinski definition) is 2. The number of anilines is 3. The predicted molar refractivity (Wildman–Crippen MR) is 95.5 cm³/mol. The van der Waals surface area contributed by atoms with Crippen molar-refractivity contribution in [2.24, 2.45) is 0 Å². The summed E-state index contributed by atoms with van der Waals surface area (Å²) in [5.41, 5.74) is 0.694. The highest BCUT2D eigenvalue weighted by Crippen LogP contribution is 2.21. The highest BCUT2D eigenvalue weighted by molar-refractivity contribution is 6.04. The monoisotopic (exact) mass is 365 g/mol. The molecule has 0 aliphatic rings. The second-order valence-corrected chi connectivity index (χ2v) is 5.55. The number of amides is 1. The molecule has 0 bridgehead atoms. The molecule has 134 valence electrons. The Morgan fingerprint density at radius 1 is 1.07 bits per heavy atom. The fourth-order valence-electron chi connectivity index (χ4n) is 2.35. The number of hydrogen-bond acceptors (Lipinski definition) is 5. The number of carbonyl (C=O) groups is 1. The Labute approximate surface area is 153 Å². The van der Waals surface area contributed by atoms with E-state index < -0.39 is 17.5 Å². The molecule has 0 unspecified atom stereocenters. The zero-order chi connectivity index (χ0) is 19.4. The summed E-state index contributed by atoms with van der Waals surface area (Å²) in [7, 11) is 0. The average Bonchev–Trinajstić information content (AvgIpc) is 2.64. The Kier molecular flexibility index (Phi) is 5.04. The fraction of sp³-hybridized carbons (Fsp3) is 0.0526. The van der Waals surface area contributed by atoms with E-state index in [1.54, 1.807) is 31.2 Å². The van der Waals surface area contributed by atoms with Crippen LogP contribution in [0.25, 0.3) is 0 Å². The summed E-state index contributed by atoms with van der Waals surface area (Å²) < 4.78 is 26.8. The van der Waals surface area contributed by atoms with Gasteiger partial charge in [-0.3, -0.25) is 4.79 Å². The number of carbonyl (C=O) groups excluding carboxylic acids is 1. The summed E-state index contributed by atoms with van der Waals surface area (Å²) in [4.78, 5) is 20.7. The molecule has 0 fully saturated rings. The SMILES string of the molecule is Cc1nc(Nc2ccc(F)cc2F)cc(C(=O)Nc2ccccc2C#N)n1. The Morgan fingerprint density at radius 3 is 2.59 bits per heavy atom. The van der Waals surface area contributed by atoms with Crippen LogP contribution in [0, 0.1) is 29.9 Å². The molecule has 0 radical (unpaired) electrons. The number of aryl methyl sites for hydroxylation is 1. The smallest absolute Gasteiger partial charge is 0.274 e. The van der Waals surface area contributed by atoms with Gasteiger partial charge in [0.05, 0.1) is 16.9 Å². The van der Waals surface area contributed by atoms with Crippen LogP contribution in [-0.2, 0) is 0 Å². The van der Waals surface area contributed by atoms with Crippen LogP contribution in [0.15, 0.2) is 48.5 Å². The molecule has 2 N–H and O–H groups in total. The van der Waals surface area contributed by atoms with Gasteiger partial charge in [-0.05, 0) is 31.2 Å². The van der Waals surface area contributed by atoms with Gasteiger partial charge in [-0.15, -0.1) is 0 Å². The van der Waals surface area contributed by atoms with Crippen molar-refractivity contribution in [3.05, 3.63) is 77.2 Å². The summed E-state index contributed by atoms with van der Waals surface area (Å²) in [6, 6.07) is 12.9. The maximum atomic E-state index is 13.8. The van der Waals surface area contributed by atoms with Gasteiger partial charge >= 0.3 is 0 Å². The summed E-state index contributed by atoms with van der Waals surface area (Å²) in [6.45, 7) is 1.58. The predicted octanol–water partition coefficient (Wildman–Crippen LogP) is 3.93. The van der Waals surface area contributed by atoms with Crippen LogP contribution in [0.1, 0.15) is 21.9 Å². The van der Waals surface area contributed by atoms with Crippen molar-refractivity contribution in [3.8, 4) is 6.07 Å². The number of nitriles is 1. The minimum atomic E-state index is -0.791. The lowest BCUT2D eigenvalue weighted by atomic mass is 10.2. The largest absolute Gasteiger partial charge is 0.338 e. The minimum Gasteiger partial charge on any atom is -0.338 e. The summed E-state index contributed by atoms with van der Waals surface area (Å²) >= 11 is 0. The standard InChI is InChI=1S/C19H13F2N5O/c1-11-23-17(19(27)26-15-5-3-2-4-12(15)10-22)9-18(24-11)25-16-7-6-13(20)8-14(16)21/h2-9H,1H3,(H,26,27)(H,23,24,25). The Hall–Kier alpha value is -3.86. The van der Waals surface area contributed by atoms with Crippen molar-refractivity contribution in [2.75, 3.05) is 10.6 Å². The lowest BCUT2D eigenvalue weighted by Crippen LogP contribution is -2.16. The molecule has 3 rings (SSSR count). The highest BCUT2D eigenvalue weighted by atomic mass is 19.1. The van der Waals surface area contributed by atoms with E-state index in [1.165, 1.54) is 12.1 Å². The molecule has 3 aromatic rings. The number of benzene rings is 2. The molecule has 1 heterocycles. The molecule has 6 nitrogen and oxygen atoms in total. The van der Waals surface area contributed by atoms with Gasteiger partial charge in [-0.25, -0.2) is 18.7 Å². The molecular weight excluding hydrogens is 352 g/mol. The van der Waals surface area contributed by atoms with Crippen molar-refractivity contribution in [3.63, 3.8) is 0 Å². The number of rotatable bonds is 4. The van der Waals surface area contributed by atoms with E-state index in [-0.39, 0.29) is 23.0 Å². The molecule has 27 heavy (non-hydrogen) atoms. The number of nitrogens with zero attached hydrogens (tertiary/aromatic N) is 3. The molecule has 2 aromatic carbocycles. The maximum absolute atomic E-state index is 13.8. The van der Waals surface area contributed by atoms with Gasteiger partial charge in [0.2, 0.25) is 0 Å². The number of nitrogens with one attached hydrogen (secondary N) is 2. The van der Waals surface area contributed by atoms with Gasteiger partial charge < -0.3 is 10.6 Å². The number of aromatic nitrogens is 2. The van der Waals surface area contributed by atoms with E-state index in [2.05, 4.69) is 20.6 Å². The van der Waals surface area contributed by atoms with Crippen LogP contribution >= 0.6 is 0 Å². The zero-order valence-electron chi connectivity index (χ0n) is 14.1. The van der Waals surface area contributed by atoms with Gasteiger partial charge in [0, 0.05) is 12.1 Å². The van der Waals surface area contributed by atoms with E-state index in [0.717, 1.165) is 12.1 Å². The molecule has 0 aliphatic heterocycles. The summed E-state index contributed by atoms with van der Waals surface area (Å²) in [5, 5.41) is 14.4. The summed E-state index contributed by atoms with van der Waals surface area (Å²) in [5.74, 6) is -1.59. The van der Waals surface area contributed by atoms with E-state index in [9.17, 15) is 13.6 Å². The van der Waals surface area contributed by atoms with Gasteiger partial charge in [0.15, 0.2) is 0 Å². The Bertz CT molecular complexity index is 1060. The number of para-hydroxylation sites is 1. The minimum absolute atomic E-state index is 0.00989. The molecule has 0 atom stereocenters. The molecule has 0 aliphatic carbocycles. The third-order valence-corrected chi connectivity index (χ3v) is 3.56. The van der Waals surface area contributed by atoms with Gasteiger partial charge in [0.1, 0.15) is 35.0 Å². The van der Waals surface area contributed by atoms with Crippen LogP contribution < -0.4 is 10.6 Å². The molecule has 1 amide bonds. The normalized spacial score (nSPS) is 10.1. The van der Waals surface area contributed by atoms with E-state index >= 15 is 0 Å². The molecular formula is C19H13F2N5O. The lowest BCUT2D eigenvalue weighted by molar-refractivity contribution is 0.102. The van der Waals surface area contributed by atoms with Crippen LogP contribution in [0.5, 0.6) is 0 Å². The van der Waals surface area contributed by atoms with Crippen LogP contribution in [0.3, 0.4) is 0 Å². The van der Waals surface area contributed by atoms with Crippen molar-refractivity contribution < 1.29 is 13.6 Å². The molecule has 0 spiro atoms. The van der Waals surface area contributed by atoms with Crippen molar-refractivity contribution in [1.82, 2.24) is 9.97 Å². The Morgan fingerprint density at radius 2 is 1.85 bits per heavy atom. The van der Waals surface area contributed by atoms with Crippen LogP contribution in [0.2, 0.25) is 0 Å². The average molecular weight is 365 g/mol. The zero-order valence-corrected chi connectivity index (χ0v) is 14.1. The quantitative estimate of drug-likeness (QED) is 0.731. The fourth-order valence-corrected chi connectivity index (χ4v) is 2.35. The first kappa shape index (κ1) is 17.9. The van der Waals surface area contributed by atoms with Crippen LogP contribution in [-0.4, -0.2) is 15.9 Å². The van der Waals surface area contributed by atoms with E-state index in [0.29, 0.717) is 11.3 Å². The topological polar surface area (TPSA) is 90.7 Å². The molecule has 0 saturated heterocycles. The van der Waals surface area contributed by atoms with Gasteiger partial charge in [0.25, 0.3) is 5.91 Å². The third kappa shape index (κ3) is 4.22. The van der Waals surface area contributed by atoms with Crippen LogP contribution in [0.4, 0.5) is 26.0 Å². The van der Waals surface area contributed by atoms with Gasteiger partial charge in [-0.1, -0.05) is 12.1 Å².